The van der Waals surface area contributed by atoms with Crippen molar-refractivity contribution in [3.8, 4) is 0 Å². The lowest BCUT2D eigenvalue weighted by Gasteiger charge is -2.27. The lowest BCUT2D eigenvalue weighted by atomic mass is 9.94. The van der Waals surface area contributed by atoms with Crippen LogP contribution in [0.5, 0.6) is 0 Å². The third-order valence-corrected chi connectivity index (χ3v) is 2.96. The molecule has 0 radical (unpaired) electrons. The highest BCUT2D eigenvalue weighted by Gasteiger charge is 2.32. The molecular formula is C11H22N8O. The second-order valence-electron chi connectivity index (χ2n) is 5.02. The highest BCUT2D eigenvalue weighted by molar-refractivity contribution is 5.97. The van der Waals surface area contributed by atoms with E-state index in [1.807, 2.05) is 0 Å². The van der Waals surface area contributed by atoms with E-state index >= 15 is 0 Å². The Morgan fingerprint density at radius 3 is 2.80 bits per heavy atom. The average molecular weight is 282 g/mol. The van der Waals surface area contributed by atoms with Crippen molar-refractivity contribution in [2.75, 3.05) is 18.5 Å². The third kappa shape index (κ3) is 4.57. The van der Waals surface area contributed by atoms with Gasteiger partial charge in [-0.15, -0.1) is 0 Å². The molecule has 1 amide bonds. The van der Waals surface area contributed by atoms with Gasteiger partial charge in [-0.05, 0) is 43.5 Å². The van der Waals surface area contributed by atoms with E-state index in [-0.39, 0.29) is 11.9 Å². The summed E-state index contributed by atoms with van der Waals surface area (Å²) in [5, 5.41) is 23.2. The van der Waals surface area contributed by atoms with Crippen LogP contribution >= 0.6 is 0 Å². The Kier molecular flexibility index (Phi) is 5.56. The lowest BCUT2D eigenvalue weighted by Crippen LogP contribution is -2.52. The number of nitrogens with two attached hydrogens (primary N) is 1. The number of rotatable bonds is 7. The molecular weight excluding hydrogens is 260 g/mol. The highest BCUT2D eigenvalue weighted by Crippen LogP contribution is 2.15. The number of likely N-dealkylation sites (N-methyl/N-ethyl adjacent to an activating group) is 1. The van der Waals surface area contributed by atoms with Crippen LogP contribution in [0.15, 0.2) is 0 Å². The number of carbonyl (C=O) groups excluding carboxylic acids is 1. The van der Waals surface area contributed by atoms with E-state index in [1.165, 1.54) is 4.90 Å². The maximum absolute atomic E-state index is 12.3. The molecule has 5 N–H and O–H groups in total. The minimum Gasteiger partial charge on any atom is -0.374 e. The van der Waals surface area contributed by atoms with Crippen molar-refractivity contribution in [3.05, 3.63) is 0 Å². The van der Waals surface area contributed by atoms with Crippen LogP contribution in [0.2, 0.25) is 0 Å². The Labute approximate surface area is 117 Å². The number of anilines is 1. The summed E-state index contributed by atoms with van der Waals surface area (Å²) in [4.78, 5) is 13.6. The second-order valence-corrected chi connectivity index (χ2v) is 5.02. The maximum atomic E-state index is 12.3. The lowest BCUT2D eigenvalue weighted by molar-refractivity contribution is -0.123. The number of aromatic nitrogens is 4. The summed E-state index contributed by atoms with van der Waals surface area (Å²) in [5.41, 5.74) is 5.10. The number of nitrogens with zero attached hydrogens (tertiary/aromatic N) is 4. The van der Waals surface area contributed by atoms with Gasteiger partial charge in [0.2, 0.25) is 11.9 Å². The molecule has 1 heterocycles. The smallest absolute Gasteiger partial charge is 0.249 e. The monoisotopic (exact) mass is 282 g/mol. The van der Waals surface area contributed by atoms with E-state index in [1.54, 1.807) is 20.9 Å². The van der Waals surface area contributed by atoms with Gasteiger partial charge in [0.05, 0.1) is 11.4 Å². The van der Waals surface area contributed by atoms with Crippen LogP contribution < -0.4 is 16.0 Å². The molecule has 0 saturated heterocycles. The zero-order valence-electron chi connectivity index (χ0n) is 12.1. The van der Waals surface area contributed by atoms with E-state index in [9.17, 15) is 4.79 Å². The van der Waals surface area contributed by atoms with Crippen molar-refractivity contribution >= 4 is 17.7 Å². The first-order chi connectivity index (χ1) is 9.34. The van der Waals surface area contributed by atoms with Gasteiger partial charge in [0, 0.05) is 13.6 Å². The minimum atomic E-state index is -0.971. The number of amides is 1. The number of tetrazole rings is 1. The van der Waals surface area contributed by atoms with Crippen LogP contribution in [0.4, 0.5) is 5.95 Å². The Bertz CT molecular complexity index is 441. The molecule has 0 spiro atoms. The van der Waals surface area contributed by atoms with Gasteiger partial charge < -0.3 is 11.1 Å². The highest BCUT2D eigenvalue weighted by atomic mass is 16.2. The fraction of sp³-hybridized carbons (Fsp3) is 0.727. The molecule has 0 aliphatic rings. The van der Waals surface area contributed by atoms with Crippen molar-refractivity contribution < 1.29 is 4.79 Å². The zero-order valence-corrected chi connectivity index (χ0v) is 12.1. The first kappa shape index (κ1) is 16.0. The van der Waals surface area contributed by atoms with Gasteiger partial charge in [0.15, 0.2) is 0 Å². The summed E-state index contributed by atoms with van der Waals surface area (Å²) in [6.07, 6.45) is 2.20. The number of hydrogen-bond donors (Lipinski definition) is 4. The Morgan fingerprint density at radius 2 is 2.25 bits per heavy atom. The standard InChI is InChI=1S/C11H22N8O/c1-8(12)14-7-5-4-6-11(2,13)9(20)19(3)10-15-17-18-16-10/h4-7,13H2,1-3H3,(H2,12,14)(H,15,16,17,18). The molecule has 1 unspecified atom stereocenters. The predicted molar refractivity (Wildman–Crippen MR) is 75.4 cm³/mol. The van der Waals surface area contributed by atoms with Gasteiger partial charge in [-0.2, -0.15) is 0 Å². The van der Waals surface area contributed by atoms with Crippen molar-refractivity contribution in [2.24, 2.45) is 5.73 Å². The van der Waals surface area contributed by atoms with Crippen LogP contribution in [-0.2, 0) is 4.79 Å². The number of unbranched alkanes of at least 4 members (excludes halogenated alkanes) is 1. The molecule has 1 atom stereocenters. The third-order valence-electron chi connectivity index (χ3n) is 2.96. The van der Waals surface area contributed by atoms with Gasteiger partial charge in [-0.1, -0.05) is 5.10 Å². The van der Waals surface area contributed by atoms with Gasteiger partial charge in [0.25, 0.3) is 0 Å². The van der Waals surface area contributed by atoms with Crippen LogP contribution in [0, 0.1) is 5.41 Å². The topological polar surface area (TPSA) is 137 Å². The van der Waals surface area contributed by atoms with Crippen LogP contribution in [-0.4, -0.2) is 51.5 Å². The fourth-order valence-electron chi connectivity index (χ4n) is 1.78. The summed E-state index contributed by atoms with van der Waals surface area (Å²) < 4.78 is 0. The molecule has 1 rings (SSSR count). The molecule has 0 bridgehead atoms. The van der Waals surface area contributed by atoms with E-state index in [0.29, 0.717) is 18.8 Å². The Morgan fingerprint density at radius 1 is 1.55 bits per heavy atom. The molecule has 1 aromatic rings. The number of amidine groups is 1. The van der Waals surface area contributed by atoms with E-state index in [0.717, 1.165) is 12.8 Å². The molecule has 0 aromatic carbocycles. The molecule has 0 aliphatic carbocycles. The van der Waals surface area contributed by atoms with Gasteiger partial charge in [0.1, 0.15) is 0 Å². The molecule has 0 aliphatic heterocycles. The Hall–Kier alpha value is -2.03. The molecule has 0 fully saturated rings. The largest absolute Gasteiger partial charge is 0.374 e. The SMILES string of the molecule is CC(=N)NCCCCC(C)(N)C(=O)N(C)c1nnn[nH]1. The fourth-order valence-corrected chi connectivity index (χ4v) is 1.78. The van der Waals surface area contributed by atoms with Crippen molar-refractivity contribution in [2.45, 2.75) is 38.6 Å². The maximum Gasteiger partial charge on any atom is 0.249 e. The summed E-state index contributed by atoms with van der Waals surface area (Å²) in [6.45, 7) is 4.10. The van der Waals surface area contributed by atoms with Crippen molar-refractivity contribution in [1.82, 2.24) is 25.9 Å². The van der Waals surface area contributed by atoms with E-state index < -0.39 is 5.54 Å². The predicted octanol–water partition coefficient (Wildman–Crippen LogP) is -0.363. The summed E-state index contributed by atoms with van der Waals surface area (Å²) >= 11 is 0. The number of hydrogen-bond acceptors (Lipinski definition) is 6. The quantitative estimate of drug-likeness (QED) is 0.306. The summed E-state index contributed by atoms with van der Waals surface area (Å²) in [7, 11) is 1.58. The van der Waals surface area contributed by atoms with Crippen molar-refractivity contribution in [1.29, 1.82) is 5.41 Å². The Balaban J connectivity index is 2.43. The average Bonchev–Trinajstić information content (AvgIpc) is 2.89. The number of H-pyrrole nitrogens is 1. The van der Waals surface area contributed by atoms with Crippen LogP contribution in [0.25, 0.3) is 0 Å². The minimum absolute atomic E-state index is 0.243. The molecule has 9 heteroatoms. The summed E-state index contributed by atoms with van der Waals surface area (Å²) in [5.74, 6) is 0.467. The molecule has 112 valence electrons. The van der Waals surface area contributed by atoms with Crippen LogP contribution in [0.1, 0.15) is 33.1 Å². The first-order valence-corrected chi connectivity index (χ1v) is 6.44. The number of aromatic amines is 1. The molecule has 1 aromatic heterocycles. The molecule has 9 nitrogen and oxygen atoms in total. The van der Waals surface area contributed by atoms with E-state index in [4.69, 9.17) is 11.1 Å². The normalized spacial score (nSPS) is 13.6. The zero-order chi connectivity index (χ0) is 15.2. The summed E-state index contributed by atoms with van der Waals surface area (Å²) in [6, 6.07) is 0. The molecule has 0 saturated carbocycles. The van der Waals surface area contributed by atoms with Crippen molar-refractivity contribution in [3.63, 3.8) is 0 Å². The second kappa shape index (κ2) is 6.94. The number of nitrogens with one attached hydrogen (secondary N) is 3. The van der Waals surface area contributed by atoms with Gasteiger partial charge in [-0.3, -0.25) is 15.1 Å². The first-order valence-electron chi connectivity index (χ1n) is 6.44. The molecule has 20 heavy (non-hydrogen) atoms. The van der Waals surface area contributed by atoms with Gasteiger partial charge >= 0.3 is 0 Å². The van der Waals surface area contributed by atoms with Gasteiger partial charge in [-0.25, -0.2) is 5.10 Å². The van der Waals surface area contributed by atoms with Crippen LogP contribution in [0.3, 0.4) is 0 Å². The van der Waals surface area contributed by atoms with E-state index in [2.05, 4.69) is 25.9 Å². The number of carbonyl (C=O) groups is 1.